The number of carbonyl (C=O) groups excluding carboxylic acids is 5. The van der Waals surface area contributed by atoms with E-state index in [0.717, 1.165) is 18.7 Å². The van der Waals surface area contributed by atoms with Crippen LogP contribution in [-0.2, 0) is 33.3 Å². The van der Waals surface area contributed by atoms with Crippen LogP contribution in [0.3, 0.4) is 0 Å². The summed E-state index contributed by atoms with van der Waals surface area (Å²) >= 11 is 26.0. The molecule has 1 saturated heterocycles. The lowest BCUT2D eigenvalue weighted by atomic mass is 9.96. The Hall–Kier alpha value is -1.76. The summed E-state index contributed by atoms with van der Waals surface area (Å²) in [6.45, 7) is 4.83. The number of nitrogens with zero attached hydrogens (tertiary/aromatic N) is 1. The van der Waals surface area contributed by atoms with Crippen LogP contribution in [0.25, 0.3) is 0 Å². The van der Waals surface area contributed by atoms with Crippen LogP contribution in [0.2, 0.25) is 20.1 Å². The van der Waals surface area contributed by atoms with Crippen LogP contribution in [0.5, 0.6) is 0 Å². The van der Waals surface area contributed by atoms with Gasteiger partial charge in [-0.2, -0.15) is 0 Å². The number of rotatable bonds is 7. The molecule has 1 aromatic carbocycles. The Bertz CT molecular complexity index is 1120. The van der Waals surface area contributed by atoms with Gasteiger partial charge in [-0.05, 0) is 5.75 Å². The fourth-order valence-corrected chi connectivity index (χ4v) is 6.13. The summed E-state index contributed by atoms with van der Waals surface area (Å²) in [4.78, 5) is 63.7. The Morgan fingerprint density at radius 3 is 1.76 bits per heavy atom. The second kappa shape index (κ2) is 12.0. The number of halogens is 4. The minimum absolute atomic E-state index is 0.217. The molecular weight excluding hydrogens is 596 g/mol. The Morgan fingerprint density at radius 2 is 1.32 bits per heavy atom. The highest BCUT2D eigenvalue weighted by Crippen LogP contribution is 2.47. The molecule has 0 unspecified atom stereocenters. The second-order valence-electron chi connectivity index (χ2n) is 7.93. The highest BCUT2D eigenvalue weighted by Gasteiger charge is 2.57. The number of imide groups is 1. The van der Waals surface area contributed by atoms with Crippen molar-refractivity contribution >= 4 is 87.9 Å². The lowest BCUT2D eigenvalue weighted by molar-refractivity contribution is -0.216. The van der Waals surface area contributed by atoms with Gasteiger partial charge in [-0.15, -0.1) is 11.8 Å². The first kappa shape index (κ1) is 29.8. The number of carbonyl (C=O) groups is 5. The average Bonchev–Trinajstić information content (AvgIpc) is 3.06. The summed E-state index contributed by atoms with van der Waals surface area (Å²) in [5.74, 6) is -3.54. The van der Waals surface area contributed by atoms with Gasteiger partial charge in [0.05, 0.1) is 31.2 Å². The molecule has 0 spiro atoms. The van der Waals surface area contributed by atoms with Crippen molar-refractivity contribution in [3.05, 3.63) is 31.2 Å². The van der Waals surface area contributed by atoms with Crippen molar-refractivity contribution < 1.29 is 42.9 Å². The van der Waals surface area contributed by atoms with Crippen molar-refractivity contribution in [2.24, 2.45) is 0 Å². The standard InChI is InChI=1S/C22H21Cl4NO9S/c1-5-37-22-17(27-20(31)11-12(21(27)32)14(24)16(26)15(25)13(11)23)19(35-9(4)30)18(34-8(3)29)10(36-22)6-33-7(2)28/h10,17-19,22H,5-6H2,1-4H3/t10-,17-,18-,19-,22+/m1/s1. The average molecular weight is 617 g/mol. The van der Waals surface area contributed by atoms with Gasteiger partial charge < -0.3 is 18.9 Å². The lowest BCUT2D eigenvalue weighted by Crippen LogP contribution is -2.66. The largest absolute Gasteiger partial charge is 0.463 e. The molecule has 0 radical (unpaired) electrons. The summed E-state index contributed by atoms with van der Waals surface area (Å²) in [5, 5.41) is -0.997. The van der Waals surface area contributed by atoms with E-state index in [2.05, 4.69) is 0 Å². The van der Waals surface area contributed by atoms with Crippen molar-refractivity contribution in [1.82, 2.24) is 4.90 Å². The zero-order valence-corrected chi connectivity index (χ0v) is 23.7. The Morgan fingerprint density at radius 1 is 0.838 bits per heavy atom. The fraction of sp³-hybridized carbons (Fsp3) is 0.500. The highest BCUT2D eigenvalue weighted by molar-refractivity contribution is 7.99. The van der Waals surface area contributed by atoms with E-state index in [1.54, 1.807) is 6.92 Å². The first-order chi connectivity index (χ1) is 17.3. The van der Waals surface area contributed by atoms with E-state index in [0.29, 0.717) is 5.75 Å². The second-order valence-corrected chi connectivity index (χ2v) is 10.8. The van der Waals surface area contributed by atoms with E-state index in [9.17, 15) is 24.0 Å². The van der Waals surface area contributed by atoms with E-state index in [4.69, 9.17) is 65.4 Å². The van der Waals surface area contributed by atoms with Gasteiger partial charge in [-0.25, -0.2) is 0 Å². The maximum absolute atomic E-state index is 13.6. The van der Waals surface area contributed by atoms with Crippen molar-refractivity contribution in [3.63, 3.8) is 0 Å². The number of hydrogen-bond acceptors (Lipinski definition) is 10. The molecule has 0 saturated carbocycles. The molecule has 0 bridgehead atoms. The van der Waals surface area contributed by atoms with Gasteiger partial charge in [0, 0.05) is 20.8 Å². The van der Waals surface area contributed by atoms with Gasteiger partial charge in [0.15, 0.2) is 12.2 Å². The number of esters is 3. The van der Waals surface area contributed by atoms with E-state index in [1.165, 1.54) is 18.7 Å². The molecule has 202 valence electrons. The van der Waals surface area contributed by atoms with Crippen molar-refractivity contribution in [2.45, 2.75) is 57.5 Å². The third kappa shape index (κ3) is 5.81. The van der Waals surface area contributed by atoms with Crippen LogP contribution >= 0.6 is 58.2 Å². The SMILES string of the molecule is CCS[C@@H]1O[C@H](COC(C)=O)[C@@H](OC(C)=O)[C@H](OC(C)=O)[C@H]1N1C(=O)c2c(Cl)c(Cl)c(Cl)c(Cl)c2C1=O. The van der Waals surface area contributed by atoms with E-state index < -0.39 is 59.5 Å². The predicted octanol–water partition coefficient (Wildman–Crippen LogP) is 4.17. The summed E-state index contributed by atoms with van der Waals surface area (Å²) < 4.78 is 22.1. The molecule has 5 atom stereocenters. The van der Waals surface area contributed by atoms with Crippen LogP contribution in [-0.4, -0.2) is 76.8 Å². The van der Waals surface area contributed by atoms with E-state index in [1.807, 2.05) is 0 Å². The third-order valence-corrected chi connectivity index (χ3v) is 8.28. The number of fused-ring (bicyclic) bond motifs is 1. The van der Waals surface area contributed by atoms with Crippen molar-refractivity contribution in [3.8, 4) is 0 Å². The maximum Gasteiger partial charge on any atom is 0.303 e. The lowest BCUT2D eigenvalue weighted by Gasteiger charge is -2.47. The summed E-state index contributed by atoms with van der Waals surface area (Å²) in [5.41, 5.74) is -1.56. The molecule has 1 aromatic rings. The fourth-order valence-electron chi connectivity index (χ4n) is 4.10. The maximum atomic E-state index is 13.6. The minimum Gasteiger partial charge on any atom is -0.463 e. The van der Waals surface area contributed by atoms with Crippen LogP contribution in [0, 0.1) is 0 Å². The molecule has 15 heteroatoms. The number of amides is 2. The smallest absolute Gasteiger partial charge is 0.303 e. The Balaban J connectivity index is 2.18. The van der Waals surface area contributed by atoms with E-state index in [-0.39, 0.29) is 37.8 Å². The van der Waals surface area contributed by atoms with Crippen LogP contribution in [0.4, 0.5) is 0 Å². The predicted molar refractivity (Wildman–Crippen MR) is 135 cm³/mol. The molecule has 37 heavy (non-hydrogen) atoms. The number of benzene rings is 1. The Kier molecular flexibility index (Phi) is 9.63. The molecule has 2 amide bonds. The Labute approximate surface area is 236 Å². The van der Waals surface area contributed by atoms with Crippen LogP contribution in [0.15, 0.2) is 0 Å². The van der Waals surface area contributed by atoms with Gasteiger partial charge in [0.1, 0.15) is 24.2 Å². The zero-order chi connectivity index (χ0) is 27.8. The molecule has 3 rings (SSSR count). The van der Waals surface area contributed by atoms with Gasteiger partial charge >= 0.3 is 17.9 Å². The summed E-state index contributed by atoms with van der Waals surface area (Å²) in [6.07, 6.45) is -3.86. The monoisotopic (exact) mass is 615 g/mol. The first-order valence-corrected chi connectivity index (χ1v) is 13.4. The number of thioether (sulfide) groups is 1. The number of ether oxygens (including phenoxy) is 4. The molecule has 0 aromatic heterocycles. The normalized spacial score (nSPS) is 25.1. The topological polar surface area (TPSA) is 126 Å². The highest BCUT2D eigenvalue weighted by atomic mass is 35.5. The molecule has 2 aliphatic rings. The molecule has 0 aliphatic carbocycles. The van der Waals surface area contributed by atoms with Crippen LogP contribution < -0.4 is 0 Å². The summed E-state index contributed by atoms with van der Waals surface area (Å²) in [7, 11) is 0. The minimum atomic E-state index is -1.41. The number of hydrogen-bond donors (Lipinski definition) is 0. The molecule has 1 fully saturated rings. The van der Waals surface area contributed by atoms with Gasteiger partial charge in [-0.3, -0.25) is 28.9 Å². The summed E-state index contributed by atoms with van der Waals surface area (Å²) in [6, 6.07) is -1.32. The zero-order valence-electron chi connectivity index (χ0n) is 19.8. The molecule has 2 heterocycles. The molecular formula is C22H21Cl4NO9S. The first-order valence-electron chi connectivity index (χ1n) is 10.8. The van der Waals surface area contributed by atoms with E-state index >= 15 is 0 Å². The molecule has 0 N–H and O–H groups in total. The van der Waals surface area contributed by atoms with Crippen LogP contribution in [0.1, 0.15) is 48.4 Å². The van der Waals surface area contributed by atoms with Crippen molar-refractivity contribution in [2.75, 3.05) is 12.4 Å². The molecule has 2 aliphatic heterocycles. The quantitative estimate of drug-likeness (QED) is 0.145. The third-order valence-electron chi connectivity index (χ3n) is 5.43. The van der Waals surface area contributed by atoms with Gasteiger partial charge in [0.25, 0.3) is 11.8 Å². The van der Waals surface area contributed by atoms with Crippen molar-refractivity contribution in [1.29, 1.82) is 0 Å². The molecule has 10 nitrogen and oxygen atoms in total. The van der Waals surface area contributed by atoms with Gasteiger partial charge in [0.2, 0.25) is 0 Å². The van der Waals surface area contributed by atoms with Gasteiger partial charge in [-0.1, -0.05) is 53.3 Å².